The van der Waals surface area contributed by atoms with Gasteiger partial charge in [-0.2, -0.15) is 0 Å². The molecule has 0 spiro atoms. The summed E-state index contributed by atoms with van der Waals surface area (Å²) in [5.74, 6) is 0.412. The van der Waals surface area contributed by atoms with Crippen LogP contribution in [0.25, 0.3) is 11.0 Å². The number of hydrogen-bond acceptors (Lipinski definition) is 3. The van der Waals surface area contributed by atoms with Crippen LogP contribution in [0.2, 0.25) is 0 Å². The largest absolute Gasteiger partial charge is 0.390 e. The molecule has 0 radical (unpaired) electrons. The Hall–Kier alpha value is -1.68. The predicted molar refractivity (Wildman–Crippen MR) is 66.0 cm³/mol. The number of para-hydroxylation sites is 2. The third kappa shape index (κ3) is 2.53. The van der Waals surface area contributed by atoms with E-state index >= 15 is 0 Å². The lowest BCUT2D eigenvalue weighted by atomic mass is 10.1. The Morgan fingerprint density at radius 1 is 1.41 bits per heavy atom. The molecule has 0 aliphatic rings. The predicted octanol–water partition coefficient (Wildman–Crippen LogP) is 2.01. The Morgan fingerprint density at radius 2 is 2.12 bits per heavy atom. The zero-order valence-corrected chi connectivity index (χ0v) is 10.1. The number of carbonyl (C=O) groups is 1. The van der Waals surface area contributed by atoms with E-state index in [0.717, 1.165) is 17.3 Å². The van der Waals surface area contributed by atoms with Gasteiger partial charge in [0.05, 0.1) is 16.6 Å². The van der Waals surface area contributed by atoms with Crippen molar-refractivity contribution in [2.45, 2.75) is 32.4 Å². The molecule has 4 nitrogen and oxygen atoms in total. The lowest BCUT2D eigenvalue weighted by Gasteiger charge is -2.17. The quantitative estimate of drug-likeness (QED) is 0.820. The third-order valence-electron chi connectivity index (χ3n) is 2.74. The minimum atomic E-state index is -0.745. The number of aromatic nitrogens is 2. The molecule has 0 amide bonds. The summed E-state index contributed by atoms with van der Waals surface area (Å²) in [5.41, 5.74) is 0.995. The second-order valence-electron chi connectivity index (χ2n) is 4.79. The molecule has 2 rings (SSSR count). The van der Waals surface area contributed by atoms with Gasteiger partial charge >= 0.3 is 0 Å². The Labute approximate surface area is 99.9 Å². The van der Waals surface area contributed by atoms with E-state index in [1.165, 1.54) is 0 Å². The number of nitrogens with zero attached hydrogens (tertiary/aromatic N) is 2. The van der Waals surface area contributed by atoms with Crippen LogP contribution in [0.1, 0.15) is 30.9 Å². The molecule has 1 aromatic carbocycles. The van der Waals surface area contributed by atoms with Gasteiger partial charge in [0.1, 0.15) is 0 Å². The Kier molecular flexibility index (Phi) is 2.98. The van der Waals surface area contributed by atoms with Crippen LogP contribution in [0.3, 0.4) is 0 Å². The highest BCUT2D eigenvalue weighted by atomic mass is 16.3. The lowest BCUT2D eigenvalue weighted by Crippen LogP contribution is -2.21. The topological polar surface area (TPSA) is 55.1 Å². The first kappa shape index (κ1) is 11.8. The molecule has 1 heterocycles. The van der Waals surface area contributed by atoms with E-state index in [1.54, 1.807) is 13.8 Å². The van der Waals surface area contributed by atoms with Gasteiger partial charge in [0.15, 0.2) is 12.1 Å². The highest BCUT2D eigenvalue weighted by Gasteiger charge is 2.15. The van der Waals surface area contributed by atoms with Gasteiger partial charge in [-0.15, -0.1) is 0 Å². The molecule has 4 heteroatoms. The van der Waals surface area contributed by atoms with Crippen LogP contribution in [-0.4, -0.2) is 26.5 Å². The van der Waals surface area contributed by atoms with Gasteiger partial charge in [-0.3, -0.25) is 4.79 Å². The number of imidazole rings is 1. The van der Waals surface area contributed by atoms with Crippen LogP contribution >= 0.6 is 0 Å². The molecule has 2 aromatic rings. The first-order valence-electron chi connectivity index (χ1n) is 5.64. The van der Waals surface area contributed by atoms with Gasteiger partial charge in [-0.05, 0) is 32.4 Å². The maximum atomic E-state index is 11.0. The molecule has 0 aliphatic carbocycles. The van der Waals surface area contributed by atoms with Gasteiger partial charge in [0.2, 0.25) is 0 Å². The fraction of sp³-hybridized carbons (Fsp3) is 0.385. The van der Waals surface area contributed by atoms with E-state index < -0.39 is 5.60 Å². The summed E-state index contributed by atoms with van der Waals surface area (Å²) in [6, 6.07) is 7.62. The zero-order valence-electron chi connectivity index (χ0n) is 10.1. The average molecular weight is 232 g/mol. The van der Waals surface area contributed by atoms with Crippen molar-refractivity contribution in [2.75, 3.05) is 0 Å². The SMILES string of the molecule is CC(C)(O)CCn1c(C=O)nc2ccccc21. The summed E-state index contributed by atoms with van der Waals surface area (Å²) in [6.45, 7) is 4.09. The third-order valence-corrected chi connectivity index (χ3v) is 2.74. The molecular formula is C13H16N2O2. The smallest absolute Gasteiger partial charge is 0.185 e. The van der Waals surface area contributed by atoms with Crippen LogP contribution in [-0.2, 0) is 6.54 Å². The number of hydrogen-bond donors (Lipinski definition) is 1. The van der Waals surface area contributed by atoms with Crippen LogP contribution in [0.4, 0.5) is 0 Å². The van der Waals surface area contributed by atoms with Crippen LogP contribution in [0.15, 0.2) is 24.3 Å². The van der Waals surface area contributed by atoms with Gasteiger partial charge < -0.3 is 9.67 Å². The van der Waals surface area contributed by atoms with Gasteiger partial charge in [0.25, 0.3) is 0 Å². The van der Waals surface area contributed by atoms with Crippen LogP contribution in [0, 0.1) is 0 Å². The highest BCUT2D eigenvalue weighted by molar-refractivity contribution is 5.82. The normalized spacial score (nSPS) is 11.9. The Morgan fingerprint density at radius 3 is 2.76 bits per heavy atom. The van der Waals surface area contributed by atoms with E-state index in [9.17, 15) is 9.90 Å². The summed E-state index contributed by atoms with van der Waals surface area (Å²) in [6.07, 6.45) is 1.33. The van der Waals surface area contributed by atoms with E-state index in [0.29, 0.717) is 18.8 Å². The lowest BCUT2D eigenvalue weighted by molar-refractivity contribution is 0.0661. The number of rotatable bonds is 4. The van der Waals surface area contributed by atoms with Gasteiger partial charge in [-0.25, -0.2) is 4.98 Å². The van der Waals surface area contributed by atoms with Crippen molar-refractivity contribution < 1.29 is 9.90 Å². The zero-order chi connectivity index (χ0) is 12.5. The molecule has 0 bridgehead atoms. The minimum Gasteiger partial charge on any atom is -0.390 e. The van der Waals surface area contributed by atoms with Crippen molar-refractivity contribution in [3.63, 3.8) is 0 Å². The van der Waals surface area contributed by atoms with E-state index in [1.807, 2.05) is 28.8 Å². The van der Waals surface area contributed by atoms with Gasteiger partial charge in [0, 0.05) is 6.54 Å². The average Bonchev–Trinajstić information content (AvgIpc) is 2.63. The first-order chi connectivity index (χ1) is 8.01. The molecule has 1 aromatic heterocycles. The number of aryl methyl sites for hydroxylation is 1. The molecule has 0 fully saturated rings. The van der Waals surface area contributed by atoms with E-state index in [2.05, 4.69) is 4.98 Å². The summed E-state index contributed by atoms with van der Waals surface area (Å²) in [7, 11) is 0. The molecule has 0 atom stereocenters. The maximum Gasteiger partial charge on any atom is 0.185 e. The Bertz CT molecular complexity index is 538. The van der Waals surface area contributed by atoms with Crippen molar-refractivity contribution in [1.29, 1.82) is 0 Å². The fourth-order valence-corrected chi connectivity index (χ4v) is 1.80. The number of benzene rings is 1. The van der Waals surface area contributed by atoms with Crippen molar-refractivity contribution in [1.82, 2.24) is 9.55 Å². The summed E-state index contributed by atoms with van der Waals surface area (Å²) in [5, 5.41) is 9.73. The van der Waals surface area contributed by atoms with E-state index in [-0.39, 0.29) is 0 Å². The summed E-state index contributed by atoms with van der Waals surface area (Å²) in [4.78, 5) is 15.2. The maximum absolute atomic E-state index is 11.0. The molecule has 1 N–H and O–H groups in total. The molecule has 90 valence electrons. The number of aliphatic hydroxyl groups is 1. The number of aldehydes is 1. The highest BCUT2D eigenvalue weighted by Crippen LogP contribution is 2.17. The summed E-state index contributed by atoms with van der Waals surface area (Å²) >= 11 is 0. The second-order valence-corrected chi connectivity index (χ2v) is 4.79. The second kappa shape index (κ2) is 4.30. The number of carbonyl (C=O) groups excluding carboxylic acids is 1. The molecular weight excluding hydrogens is 216 g/mol. The number of fused-ring (bicyclic) bond motifs is 1. The monoisotopic (exact) mass is 232 g/mol. The van der Waals surface area contributed by atoms with Crippen LogP contribution < -0.4 is 0 Å². The molecule has 17 heavy (non-hydrogen) atoms. The Balaban J connectivity index is 2.40. The van der Waals surface area contributed by atoms with Crippen molar-refractivity contribution in [3.8, 4) is 0 Å². The van der Waals surface area contributed by atoms with Gasteiger partial charge in [-0.1, -0.05) is 12.1 Å². The molecule has 0 saturated carbocycles. The minimum absolute atomic E-state index is 0.412. The molecule has 0 unspecified atom stereocenters. The first-order valence-corrected chi connectivity index (χ1v) is 5.64. The van der Waals surface area contributed by atoms with Crippen molar-refractivity contribution >= 4 is 17.3 Å². The van der Waals surface area contributed by atoms with E-state index in [4.69, 9.17) is 0 Å². The van der Waals surface area contributed by atoms with Crippen LogP contribution in [0.5, 0.6) is 0 Å². The van der Waals surface area contributed by atoms with Crippen molar-refractivity contribution in [2.24, 2.45) is 0 Å². The summed E-state index contributed by atoms with van der Waals surface area (Å²) < 4.78 is 1.85. The fourth-order valence-electron chi connectivity index (χ4n) is 1.80. The van der Waals surface area contributed by atoms with Crippen molar-refractivity contribution in [3.05, 3.63) is 30.1 Å². The molecule has 0 aliphatic heterocycles. The standard InChI is InChI=1S/C13H16N2O2/c1-13(2,17)7-8-15-11-6-4-3-5-10(11)14-12(15)9-16/h3-6,9,17H,7-8H2,1-2H3. The molecule has 0 saturated heterocycles.